The van der Waals surface area contributed by atoms with Gasteiger partial charge in [-0.3, -0.25) is 9.20 Å². The maximum Gasteiger partial charge on any atom is 0.244 e. The van der Waals surface area contributed by atoms with Crippen LogP contribution in [-0.2, 0) is 4.79 Å². The van der Waals surface area contributed by atoms with Crippen molar-refractivity contribution in [2.45, 2.75) is 13.0 Å². The van der Waals surface area contributed by atoms with E-state index in [0.717, 1.165) is 11.2 Å². The van der Waals surface area contributed by atoms with Crippen LogP contribution < -0.4 is 14.8 Å². The maximum atomic E-state index is 12.3. The second-order valence-electron chi connectivity index (χ2n) is 5.66. The second-order valence-corrected chi connectivity index (χ2v) is 5.66. The van der Waals surface area contributed by atoms with Gasteiger partial charge in [0.2, 0.25) is 5.91 Å². The minimum atomic E-state index is -0.295. The van der Waals surface area contributed by atoms with Crippen molar-refractivity contribution in [1.82, 2.24) is 19.9 Å². The number of nitrogens with one attached hydrogen (secondary N) is 1. The summed E-state index contributed by atoms with van der Waals surface area (Å²) in [5, 5.41) is 11.1. The molecule has 0 aliphatic carbocycles. The molecule has 3 rings (SSSR count). The number of methoxy groups -OCH3 is 2. The summed E-state index contributed by atoms with van der Waals surface area (Å²) >= 11 is 0. The monoisotopic (exact) mass is 352 g/mol. The smallest absolute Gasteiger partial charge is 0.244 e. The molecule has 0 aliphatic rings. The number of amides is 1. The van der Waals surface area contributed by atoms with Crippen LogP contribution in [0.4, 0.5) is 0 Å². The average Bonchev–Trinajstić information content (AvgIpc) is 3.10. The zero-order valence-corrected chi connectivity index (χ0v) is 14.8. The predicted molar refractivity (Wildman–Crippen MR) is 98.1 cm³/mol. The number of benzene rings is 1. The number of pyridine rings is 1. The van der Waals surface area contributed by atoms with E-state index < -0.39 is 0 Å². The van der Waals surface area contributed by atoms with Crippen molar-refractivity contribution in [3.63, 3.8) is 0 Å². The highest BCUT2D eigenvalue weighted by Gasteiger charge is 2.14. The van der Waals surface area contributed by atoms with Crippen molar-refractivity contribution in [2.24, 2.45) is 0 Å². The van der Waals surface area contributed by atoms with E-state index in [9.17, 15) is 4.79 Å². The first kappa shape index (κ1) is 17.5. The molecule has 0 saturated carbocycles. The fraction of sp³-hybridized carbons (Fsp3) is 0.211. The third-order valence-electron chi connectivity index (χ3n) is 3.94. The molecular formula is C19H20N4O3. The van der Waals surface area contributed by atoms with Gasteiger partial charge in [0.1, 0.15) is 11.5 Å². The molecule has 2 aromatic heterocycles. The summed E-state index contributed by atoms with van der Waals surface area (Å²) in [6.45, 7) is 1.86. The topological polar surface area (TPSA) is 77.8 Å². The molecule has 1 amide bonds. The van der Waals surface area contributed by atoms with Crippen LogP contribution in [-0.4, -0.2) is 34.7 Å². The Morgan fingerprint density at radius 3 is 2.81 bits per heavy atom. The van der Waals surface area contributed by atoms with Gasteiger partial charge in [0.05, 0.1) is 20.3 Å². The van der Waals surface area contributed by atoms with Crippen LogP contribution in [0.2, 0.25) is 0 Å². The number of rotatable bonds is 6. The number of nitrogens with zero attached hydrogens (tertiary/aromatic N) is 3. The van der Waals surface area contributed by atoms with E-state index in [1.807, 2.05) is 35.7 Å². The highest BCUT2D eigenvalue weighted by Crippen LogP contribution is 2.25. The van der Waals surface area contributed by atoms with Gasteiger partial charge in [-0.1, -0.05) is 6.07 Å². The minimum Gasteiger partial charge on any atom is -0.497 e. The fourth-order valence-corrected chi connectivity index (χ4v) is 2.62. The Balaban J connectivity index is 1.73. The summed E-state index contributed by atoms with van der Waals surface area (Å²) in [5.41, 5.74) is 1.49. The van der Waals surface area contributed by atoms with Gasteiger partial charge in [-0.2, -0.15) is 0 Å². The zero-order chi connectivity index (χ0) is 18.5. The Hall–Kier alpha value is -3.35. The van der Waals surface area contributed by atoms with Gasteiger partial charge in [-0.05, 0) is 43.3 Å². The summed E-state index contributed by atoms with van der Waals surface area (Å²) in [5.74, 6) is 1.77. The molecule has 0 saturated heterocycles. The molecule has 7 heteroatoms. The highest BCUT2D eigenvalue weighted by atomic mass is 16.5. The van der Waals surface area contributed by atoms with Crippen LogP contribution >= 0.6 is 0 Å². The Morgan fingerprint density at radius 2 is 2.04 bits per heavy atom. The lowest BCUT2D eigenvalue weighted by atomic mass is 10.1. The molecule has 3 aromatic rings. The number of hydrogen-bond donors (Lipinski definition) is 1. The SMILES string of the molecule is COc1ccc(OC)c(/C=C/C(=O)NC(C)c2nnc3ccccn23)c1. The van der Waals surface area contributed by atoms with Gasteiger partial charge in [0.25, 0.3) is 0 Å². The number of carbonyl (C=O) groups excluding carboxylic acids is 1. The van der Waals surface area contributed by atoms with Crippen molar-refractivity contribution in [3.8, 4) is 11.5 Å². The Morgan fingerprint density at radius 1 is 1.19 bits per heavy atom. The molecule has 0 aliphatic heterocycles. The molecule has 0 fully saturated rings. The van der Waals surface area contributed by atoms with E-state index in [1.54, 1.807) is 38.5 Å². The number of fused-ring (bicyclic) bond motifs is 1. The molecule has 1 aromatic carbocycles. The van der Waals surface area contributed by atoms with Gasteiger partial charge in [0, 0.05) is 17.8 Å². The Bertz CT molecular complexity index is 949. The normalized spacial score (nSPS) is 12.3. The van der Waals surface area contributed by atoms with Crippen molar-refractivity contribution >= 4 is 17.6 Å². The molecule has 0 bridgehead atoms. The molecule has 0 spiro atoms. The first-order valence-electron chi connectivity index (χ1n) is 8.12. The summed E-state index contributed by atoms with van der Waals surface area (Å²) in [6, 6.07) is 10.7. The van der Waals surface area contributed by atoms with Crippen LogP contribution in [0.3, 0.4) is 0 Å². The highest BCUT2D eigenvalue weighted by molar-refractivity contribution is 5.92. The molecule has 2 heterocycles. The van der Waals surface area contributed by atoms with E-state index in [-0.39, 0.29) is 11.9 Å². The third-order valence-corrected chi connectivity index (χ3v) is 3.94. The number of aromatic nitrogens is 3. The summed E-state index contributed by atoms with van der Waals surface area (Å²) in [4.78, 5) is 12.3. The van der Waals surface area contributed by atoms with Crippen LogP contribution in [0.5, 0.6) is 11.5 Å². The van der Waals surface area contributed by atoms with Crippen molar-refractivity contribution in [1.29, 1.82) is 0 Å². The van der Waals surface area contributed by atoms with E-state index in [1.165, 1.54) is 6.08 Å². The molecule has 1 N–H and O–H groups in total. The van der Waals surface area contributed by atoms with Crippen LogP contribution in [0, 0.1) is 0 Å². The maximum absolute atomic E-state index is 12.3. The lowest BCUT2D eigenvalue weighted by molar-refractivity contribution is -0.117. The minimum absolute atomic E-state index is 0.241. The largest absolute Gasteiger partial charge is 0.497 e. The molecule has 1 unspecified atom stereocenters. The van der Waals surface area contributed by atoms with E-state index in [2.05, 4.69) is 15.5 Å². The first-order valence-corrected chi connectivity index (χ1v) is 8.12. The van der Waals surface area contributed by atoms with Crippen LogP contribution in [0.15, 0.2) is 48.7 Å². The summed E-state index contributed by atoms with van der Waals surface area (Å²) < 4.78 is 12.4. The van der Waals surface area contributed by atoms with Crippen molar-refractivity contribution in [2.75, 3.05) is 14.2 Å². The molecule has 0 radical (unpaired) electrons. The Kier molecular flexibility index (Phi) is 5.17. The molecular weight excluding hydrogens is 332 g/mol. The zero-order valence-electron chi connectivity index (χ0n) is 14.8. The van der Waals surface area contributed by atoms with Gasteiger partial charge >= 0.3 is 0 Å². The quantitative estimate of drug-likeness (QED) is 0.690. The number of hydrogen-bond acceptors (Lipinski definition) is 5. The standard InChI is InChI=1S/C19H20N4O3/c1-13(19-22-21-17-6-4-5-11-23(17)19)20-18(24)10-7-14-12-15(25-2)8-9-16(14)26-3/h4-13H,1-3H3,(H,20,24)/b10-7+. The van der Waals surface area contributed by atoms with Crippen LogP contribution in [0.1, 0.15) is 24.4 Å². The van der Waals surface area contributed by atoms with Gasteiger partial charge in [0.15, 0.2) is 11.5 Å². The summed E-state index contributed by atoms with van der Waals surface area (Å²) in [7, 11) is 3.17. The Labute approximate surface area is 151 Å². The second kappa shape index (κ2) is 7.69. The molecule has 7 nitrogen and oxygen atoms in total. The van der Waals surface area contributed by atoms with Gasteiger partial charge in [-0.25, -0.2) is 0 Å². The molecule has 134 valence electrons. The van der Waals surface area contributed by atoms with Crippen molar-refractivity contribution in [3.05, 3.63) is 60.1 Å². The first-order chi connectivity index (χ1) is 12.6. The van der Waals surface area contributed by atoms with Crippen LogP contribution in [0.25, 0.3) is 11.7 Å². The average molecular weight is 352 g/mol. The summed E-state index contributed by atoms with van der Waals surface area (Å²) in [6.07, 6.45) is 5.01. The number of carbonyl (C=O) groups is 1. The lowest BCUT2D eigenvalue weighted by Crippen LogP contribution is -2.26. The predicted octanol–water partition coefficient (Wildman–Crippen LogP) is 2.64. The fourth-order valence-electron chi connectivity index (χ4n) is 2.62. The third kappa shape index (κ3) is 3.66. The van der Waals surface area contributed by atoms with Gasteiger partial charge in [-0.15, -0.1) is 10.2 Å². The van der Waals surface area contributed by atoms with E-state index in [4.69, 9.17) is 9.47 Å². The number of ether oxygens (including phenoxy) is 2. The van der Waals surface area contributed by atoms with Gasteiger partial charge < -0.3 is 14.8 Å². The van der Waals surface area contributed by atoms with E-state index >= 15 is 0 Å². The molecule has 1 atom stereocenters. The van der Waals surface area contributed by atoms with Crippen molar-refractivity contribution < 1.29 is 14.3 Å². The molecule has 26 heavy (non-hydrogen) atoms. The lowest BCUT2D eigenvalue weighted by Gasteiger charge is -2.11. The van der Waals surface area contributed by atoms with E-state index in [0.29, 0.717) is 17.3 Å².